The zero-order chi connectivity index (χ0) is 55.5. The van der Waals surface area contributed by atoms with Gasteiger partial charge < -0.3 is 9.84 Å². The van der Waals surface area contributed by atoms with Gasteiger partial charge in [-0.3, -0.25) is 24.1 Å². The molecule has 82 heavy (non-hydrogen) atoms. The Bertz CT molecular complexity index is 4130. The lowest BCUT2D eigenvalue weighted by Gasteiger charge is -2.52. The predicted molar refractivity (Wildman–Crippen MR) is 328 cm³/mol. The topological polar surface area (TPSA) is 101 Å². The maximum atomic E-state index is 14.7. The van der Waals surface area contributed by atoms with E-state index in [2.05, 4.69) is 149 Å². The number of aromatic nitrogens is 3. The Hall–Kier alpha value is -7.99. The van der Waals surface area contributed by atoms with Crippen molar-refractivity contribution in [3.63, 3.8) is 0 Å². The maximum Gasteiger partial charge on any atom is 0.338 e. The molecular formula is C71H60ClN5O4S. The molecule has 9 nitrogen and oxygen atoms in total. The van der Waals surface area contributed by atoms with Gasteiger partial charge in [0.15, 0.2) is 0 Å². The van der Waals surface area contributed by atoms with Crippen molar-refractivity contribution in [2.45, 2.75) is 76.4 Å². The number of benzene rings is 7. The van der Waals surface area contributed by atoms with E-state index in [1.165, 1.54) is 94.8 Å². The summed E-state index contributed by atoms with van der Waals surface area (Å²) in [5.41, 5.74) is 24.8. The molecule has 0 radical (unpaired) electrons. The van der Waals surface area contributed by atoms with Crippen molar-refractivity contribution in [2.24, 2.45) is 0 Å². The summed E-state index contributed by atoms with van der Waals surface area (Å²) in [6.07, 6.45) is 5.03. The summed E-state index contributed by atoms with van der Waals surface area (Å²) in [4.78, 5) is 41.8. The second-order valence-corrected chi connectivity index (χ2v) is 24.6. The molecule has 4 aliphatic carbocycles. The first-order valence-electron chi connectivity index (χ1n) is 28.7. The van der Waals surface area contributed by atoms with Crippen molar-refractivity contribution in [1.29, 1.82) is 0 Å². The first-order chi connectivity index (χ1) is 40.0. The number of halogens is 1. The van der Waals surface area contributed by atoms with E-state index in [-0.39, 0.29) is 23.8 Å². The normalized spacial score (nSPS) is 15.8. The lowest BCUT2D eigenvalue weighted by molar-refractivity contribution is 0.0145. The molecule has 1 fully saturated rings. The molecular weight excluding hydrogens is 1050 g/mol. The summed E-state index contributed by atoms with van der Waals surface area (Å²) in [6, 6.07) is 56.4. The van der Waals surface area contributed by atoms with Crippen molar-refractivity contribution >= 4 is 39.1 Å². The van der Waals surface area contributed by atoms with Crippen LogP contribution in [-0.2, 0) is 44.1 Å². The standard InChI is InChI=1S/C71H60ClN5O4S/c1-41-31-59(68-67(73-41)61(39-82-68)70(79)80)58-35-46(72)25-28-66(58)81-30-29-77-42(2)74-65-27-26-47(36-60(65)69(77)78)75(3)48-37-76(38-48)40-71(62-22-10-19-52-49-16-7-4-13-43(49)32-55(52)62,63-23-11-20-53-50-17-8-5-14-44(50)33-56(53)63)64-24-12-21-54-51-18-9-6-15-45(51)34-57(54)64/h4-25,28,31,35,39,47-48H,26-27,29-30,32-34,36-38,40H2,1-3H3,(H,79,80). The number of carbonyl (C=O) groups is 1. The SMILES string of the molecule is Cc1cc(-c2cc(Cl)ccc2OCCn2c(C)nc3c(c2=O)CC(N(C)C2CN(CC(c4cccc5c4Cc4ccccc4-5)(c4cccc5c4Cc4ccccc4-5)c4cccc5c4Cc4ccccc4-5)C2)CC3)c2scc(C(=O)O)c2n1. The van der Waals surface area contributed by atoms with Crippen molar-refractivity contribution in [1.82, 2.24) is 24.3 Å². The molecule has 1 atom stereocenters. The number of nitrogens with zero attached hydrogens (tertiary/aromatic N) is 5. The van der Waals surface area contributed by atoms with E-state index < -0.39 is 11.4 Å². The van der Waals surface area contributed by atoms with Gasteiger partial charge in [-0.1, -0.05) is 139 Å². The number of likely N-dealkylation sites (tertiary alicyclic amines) is 1. The highest BCUT2D eigenvalue weighted by Crippen LogP contribution is 2.54. The number of likely N-dealkylation sites (N-methyl/N-ethyl adjacent to an activating group) is 1. The molecule has 0 saturated carbocycles. The number of thiophene rings is 1. The predicted octanol–water partition coefficient (Wildman–Crippen LogP) is 13.8. The number of aromatic carboxylic acids is 1. The molecule has 3 aromatic heterocycles. The summed E-state index contributed by atoms with van der Waals surface area (Å²) in [5.74, 6) is 0.238. The summed E-state index contributed by atoms with van der Waals surface area (Å²) < 4.78 is 9.02. The van der Waals surface area contributed by atoms with Crippen molar-refractivity contribution in [2.75, 3.05) is 33.3 Å². The highest BCUT2D eigenvalue weighted by Gasteiger charge is 2.48. The molecule has 0 amide bonds. The number of fused-ring (bicyclic) bond motifs is 11. The highest BCUT2D eigenvalue weighted by atomic mass is 35.5. The Kier molecular flexibility index (Phi) is 12.3. The molecule has 0 spiro atoms. The minimum atomic E-state index is -1.02. The van der Waals surface area contributed by atoms with Gasteiger partial charge in [0.1, 0.15) is 18.2 Å². The fraction of sp³-hybridized carbons (Fsp3) is 0.239. The number of carboxylic acid groups (broad SMARTS) is 1. The molecule has 406 valence electrons. The molecule has 11 heteroatoms. The second-order valence-electron chi connectivity index (χ2n) is 23.3. The van der Waals surface area contributed by atoms with Crippen LogP contribution in [0, 0.1) is 13.8 Å². The number of rotatable bonds is 13. The Morgan fingerprint density at radius 3 is 1.82 bits per heavy atom. The van der Waals surface area contributed by atoms with E-state index in [0.717, 1.165) is 78.8 Å². The Morgan fingerprint density at radius 2 is 1.24 bits per heavy atom. The van der Waals surface area contributed by atoms with Crippen LogP contribution in [-0.4, -0.2) is 80.8 Å². The molecule has 0 bridgehead atoms. The van der Waals surface area contributed by atoms with Gasteiger partial charge in [0.2, 0.25) is 0 Å². The van der Waals surface area contributed by atoms with Crippen LogP contribution in [0.15, 0.2) is 162 Å². The lowest BCUT2D eigenvalue weighted by atomic mass is 9.63. The molecule has 1 unspecified atom stereocenters. The Balaban J connectivity index is 0.736. The average Bonchev–Trinajstić information content (AvgIpc) is 1.94. The number of pyridine rings is 1. The first kappa shape index (κ1) is 50.9. The van der Waals surface area contributed by atoms with Gasteiger partial charge in [0.05, 0.1) is 33.4 Å². The second kappa shape index (κ2) is 19.9. The number of ether oxygens (including phenoxy) is 1. The van der Waals surface area contributed by atoms with Crippen molar-refractivity contribution in [3.05, 3.63) is 251 Å². The first-order valence-corrected chi connectivity index (χ1v) is 30.0. The molecule has 1 aliphatic heterocycles. The monoisotopic (exact) mass is 1110 g/mol. The number of hydrogen-bond donors (Lipinski definition) is 1. The summed E-state index contributed by atoms with van der Waals surface area (Å²) in [6.45, 7) is 6.95. The molecule has 7 aromatic carbocycles. The third-order valence-corrected chi connectivity index (χ3v) is 20.1. The van der Waals surface area contributed by atoms with Gasteiger partial charge in [0.25, 0.3) is 5.56 Å². The number of aryl methyl sites for hydroxylation is 3. The molecule has 1 saturated heterocycles. The third kappa shape index (κ3) is 8.16. The largest absolute Gasteiger partial charge is 0.491 e. The average molecular weight is 1110 g/mol. The van der Waals surface area contributed by atoms with Crippen LogP contribution < -0.4 is 10.3 Å². The minimum absolute atomic E-state index is 0.000525. The fourth-order valence-corrected chi connectivity index (χ4v) is 16.1. The quantitative estimate of drug-likeness (QED) is 0.114. The molecule has 1 N–H and O–H groups in total. The van der Waals surface area contributed by atoms with Gasteiger partial charge in [-0.2, -0.15) is 0 Å². The summed E-state index contributed by atoms with van der Waals surface area (Å²) >= 11 is 7.93. The molecule has 4 heterocycles. The molecule has 10 aromatic rings. The number of hydrogen-bond acceptors (Lipinski definition) is 8. The minimum Gasteiger partial charge on any atom is -0.491 e. The van der Waals surface area contributed by atoms with Crippen LogP contribution >= 0.6 is 22.9 Å². The van der Waals surface area contributed by atoms with Gasteiger partial charge in [-0.25, -0.2) is 9.78 Å². The fourth-order valence-electron chi connectivity index (χ4n) is 14.9. The van der Waals surface area contributed by atoms with Gasteiger partial charge in [-0.05, 0) is 167 Å². The number of carboxylic acids is 1. The molecule has 5 aliphatic rings. The summed E-state index contributed by atoms with van der Waals surface area (Å²) in [7, 11) is 2.28. The highest BCUT2D eigenvalue weighted by molar-refractivity contribution is 7.18. The van der Waals surface area contributed by atoms with E-state index in [9.17, 15) is 14.7 Å². The maximum absolute atomic E-state index is 14.7. The van der Waals surface area contributed by atoms with E-state index in [0.29, 0.717) is 46.8 Å². The van der Waals surface area contributed by atoms with E-state index in [4.69, 9.17) is 21.3 Å². The zero-order valence-electron chi connectivity index (χ0n) is 46.1. The van der Waals surface area contributed by atoms with Crippen LogP contribution in [0.5, 0.6) is 5.75 Å². The zero-order valence-corrected chi connectivity index (χ0v) is 47.7. The van der Waals surface area contributed by atoms with Crippen molar-refractivity contribution < 1.29 is 14.6 Å². The van der Waals surface area contributed by atoms with Crippen LogP contribution in [0.2, 0.25) is 5.02 Å². The van der Waals surface area contributed by atoms with Crippen molar-refractivity contribution in [3.8, 4) is 50.3 Å². The van der Waals surface area contributed by atoms with Crippen LogP contribution in [0.25, 0.3) is 54.7 Å². The van der Waals surface area contributed by atoms with Gasteiger partial charge in [0, 0.05) is 64.5 Å². The summed E-state index contributed by atoms with van der Waals surface area (Å²) in [5, 5.41) is 12.1. The van der Waals surface area contributed by atoms with Gasteiger partial charge >= 0.3 is 5.97 Å². The molecule has 15 rings (SSSR count). The smallest absolute Gasteiger partial charge is 0.338 e. The Morgan fingerprint density at radius 1 is 0.683 bits per heavy atom. The van der Waals surface area contributed by atoms with E-state index >= 15 is 0 Å². The van der Waals surface area contributed by atoms with Gasteiger partial charge in [-0.15, -0.1) is 11.3 Å². The van der Waals surface area contributed by atoms with E-state index in [1.807, 2.05) is 32.0 Å². The third-order valence-electron chi connectivity index (χ3n) is 18.9. The van der Waals surface area contributed by atoms with Crippen LogP contribution in [0.1, 0.15) is 89.6 Å². The Labute approximate surface area is 486 Å². The van der Waals surface area contributed by atoms with Crippen LogP contribution in [0.4, 0.5) is 0 Å². The lowest BCUT2D eigenvalue weighted by Crippen LogP contribution is -2.63. The van der Waals surface area contributed by atoms with E-state index in [1.54, 1.807) is 16.0 Å². The van der Waals surface area contributed by atoms with Crippen LogP contribution in [0.3, 0.4) is 0 Å².